The number of guanidine groups is 1. The van der Waals surface area contributed by atoms with E-state index in [4.69, 9.17) is 15.2 Å². The number of methoxy groups -OCH3 is 1. The molecular formula is C13H28N4O2. The Bertz CT molecular complexity index is 267. The molecule has 2 atom stereocenters. The zero-order valence-corrected chi connectivity index (χ0v) is 12.4. The van der Waals surface area contributed by atoms with Crippen LogP contribution in [-0.2, 0) is 9.47 Å². The summed E-state index contributed by atoms with van der Waals surface area (Å²) in [6, 6.07) is 0.184. The van der Waals surface area contributed by atoms with Gasteiger partial charge < -0.3 is 20.5 Å². The molecule has 0 spiro atoms. The van der Waals surface area contributed by atoms with Gasteiger partial charge in [0.25, 0.3) is 0 Å². The summed E-state index contributed by atoms with van der Waals surface area (Å²) in [5, 5.41) is 3.11. The van der Waals surface area contributed by atoms with Crippen molar-refractivity contribution in [2.45, 2.75) is 19.9 Å². The van der Waals surface area contributed by atoms with Crippen molar-refractivity contribution in [1.29, 1.82) is 0 Å². The number of rotatable bonds is 7. The molecule has 1 heterocycles. The average molecular weight is 272 g/mol. The number of hydrogen-bond acceptors (Lipinski definition) is 4. The first-order valence-electron chi connectivity index (χ1n) is 6.97. The maximum Gasteiger partial charge on any atom is 0.188 e. The first kappa shape index (κ1) is 16.2. The minimum Gasteiger partial charge on any atom is -0.383 e. The lowest BCUT2D eigenvalue weighted by molar-refractivity contribution is 0.0323. The molecule has 1 saturated heterocycles. The van der Waals surface area contributed by atoms with Gasteiger partial charge in [0.1, 0.15) is 0 Å². The third kappa shape index (κ3) is 7.34. The van der Waals surface area contributed by atoms with Crippen LogP contribution in [0.4, 0.5) is 0 Å². The highest BCUT2D eigenvalue weighted by molar-refractivity contribution is 5.78. The first-order chi connectivity index (χ1) is 9.11. The van der Waals surface area contributed by atoms with Crippen molar-refractivity contribution in [3.8, 4) is 0 Å². The lowest BCUT2D eigenvalue weighted by Gasteiger charge is -2.28. The van der Waals surface area contributed by atoms with E-state index in [0.717, 1.165) is 39.4 Å². The molecule has 1 aliphatic heterocycles. The second-order valence-electron chi connectivity index (χ2n) is 5.24. The lowest BCUT2D eigenvalue weighted by atomic mass is 10.1. The number of nitrogens with zero attached hydrogens (tertiary/aromatic N) is 2. The third-order valence-corrected chi connectivity index (χ3v) is 3.06. The SMILES string of the molecule is COCC(C)NC(N)=NCC(C)CN1CCOCC1. The molecule has 6 nitrogen and oxygen atoms in total. The first-order valence-corrected chi connectivity index (χ1v) is 6.97. The van der Waals surface area contributed by atoms with E-state index in [1.807, 2.05) is 6.92 Å². The van der Waals surface area contributed by atoms with Gasteiger partial charge >= 0.3 is 0 Å². The Balaban J connectivity index is 2.21. The van der Waals surface area contributed by atoms with Gasteiger partial charge in [-0.2, -0.15) is 0 Å². The Kier molecular flexibility index (Phi) is 7.78. The van der Waals surface area contributed by atoms with Crippen LogP contribution in [-0.4, -0.2) is 70.0 Å². The smallest absolute Gasteiger partial charge is 0.188 e. The standard InChI is InChI=1S/C13H28N4O2/c1-11(9-17-4-6-19-7-5-17)8-15-13(14)16-12(2)10-18-3/h11-12H,4-10H2,1-3H3,(H3,14,15,16). The molecule has 0 radical (unpaired) electrons. The highest BCUT2D eigenvalue weighted by Crippen LogP contribution is 2.03. The average Bonchev–Trinajstić information content (AvgIpc) is 2.38. The van der Waals surface area contributed by atoms with Crippen LogP contribution in [0.1, 0.15) is 13.8 Å². The summed E-state index contributed by atoms with van der Waals surface area (Å²) < 4.78 is 10.4. The number of nitrogens with one attached hydrogen (secondary N) is 1. The zero-order valence-electron chi connectivity index (χ0n) is 12.4. The summed E-state index contributed by atoms with van der Waals surface area (Å²) in [7, 11) is 1.68. The van der Waals surface area contributed by atoms with Gasteiger partial charge in [0.05, 0.1) is 19.8 Å². The Morgan fingerprint density at radius 1 is 1.42 bits per heavy atom. The minimum absolute atomic E-state index is 0.184. The third-order valence-electron chi connectivity index (χ3n) is 3.06. The predicted octanol–water partition coefficient (Wildman–Crippen LogP) is -0.106. The van der Waals surface area contributed by atoms with E-state index >= 15 is 0 Å². The van der Waals surface area contributed by atoms with Gasteiger partial charge in [-0.1, -0.05) is 6.92 Å². The van der Waals surface area contributed by atoms with Crippen molar-refractivity contribution in [3.63, 3.8) is 0 Å². The Morgan fingerprint density at radius 3 is 2.74 bits per heavy atom. The molecule has 0 aromatic carbocycles. The maximum atomic E-state index is 5.84. The van der Waals surface area contributed by atoms with Crippen molar-refractivity contribution in [2.75, 3.05) is 53.1 Å². The van der Waals surface area contributed by atoms with Crippen molar-refractivity contribution in [2.24, 2.45) is 16.6 Å². The maximum absolute atomic E-state index is 5.84. The van der Waals surface area contributed by atoms with Gasteiger partial charge in [0.15, 0.2) is 5.96 Å². The number of aliphatic imine (C=N–C) groups is 1. The van der Waals surface area contributed by atoms with E-state index in [9.17, 15) is 0 Å². The Hall–Kier alpha value is -0.850. The van der Waals surface area contributed by atoms with Gasteiger partial charge in [-0.3, -0.25) is 9.89 Å². The second kappa shape index (κ2) is 9.12. The molecule has 1 rings (SSSR count). The van der Waals surface area contributed by atoms with Gasteiger partial charge in [-0.05, 0) is 12.8 Å². The summed E-state index contributed by atoms with van der Waals surface area (Å²) in [6.45, 7) is 10.4. The normalized spacial score (nSPS) is 21.1. The van der Waals surface area contributed by atoms with Crippen molar-refractivity contribution in [3.05, 3.63) is 0 Å². The van der Waals surface area contributed by atoms with E-state index in [2.05, 4.69) is 22.1 Å². The highest BCUT2D eigenvalue weighted by Gasteiger charge is 2.13. The number of morpholine rings is 1. The minimum atomic E-state index is 0.184. The Morgan fingerprint density at radius 2 is 2.11 bits per heavy atom. The molecule has 0 aliphatic carbocycles. The fourth-order valence-corrected chi connectivity index (χ4v) is 2.13. The van der Waals surface area contributed by atoms with Crippen LogP contribution in [0, 0.1) is 5.92 Å². The van der Waals surface area contributed by atoms with Crippen molar-refractivity contribution in [1.82, 2.24) is 10.2 Å². The molecule has 2 unspecified atom stereocenters. The lowest BCUT2D eigenvalue weighted by Crippen LogP contribution is -2.41. The van der Waals surface area contributed by atoms with Crippen LogP contribution < -0.4 is 11.1 Å². The highest BCUT2D eigenvalue weighted by atomic mass is 16.5. The number of ether oxygens (including phenoxy) is 2. The van der Waals surface area contributed by atoms with Crippen molar-refractivity contribution >= 4 is 5.96 Å². The van der Waals surface area contributed by atoms with E-state index in [1.165, 1.54) is 0 Å². The van der Waals surface area contributed by atoms with Crippen LogP contribution in [0.15, 0.2) is 4.99 Å². The predicted molar refractivity (Wildman–Crippen MR) is 77.4 cm³/mol. The van der Waals surface area contributed by atoms with Crippen LogP contribution in [0.25, 0.3) is 0 Å². The van der Waals surface area contributed by atoms with Gasteiger partial charge in [0.2, 0.25) is 0 Å². The fraction of sp³-hybridized carbons (Fsp3) is 0.923. The summed E-state index contributed by atoms with van der Waals surface area (Å²) in [5.41, 5.74) is 5.84. The summed E-state index contributed by atoms with van der Waals surface area (Å²) in [5.74, 6) is 0.995. The molecule has 112 valence electrons. The summed E-state index contributed by atoms with van der Waals surface area (Å²) in [4.78, 5) is 6.80. The molecule has 0 bridgehead atoms. The van der Waals surface area contributed by atoms with E-state index in [0.29, 0.717) is 18.5 Å². The van der Waals surface area contributed by atoms with Gasteiger partial charge in [0, 0.05) is 39.3 Å². The topological polar surface area (TPSA) is 72.1 Å². The van der Waals surface area contributed by atoms with Gasteiger partial charge in [-0.25, -0.2) is 0 Å². The molecule has 6 heteroatoms. The number of nitrogens with two attached hydrogens (primary N) is 1. The molecule has 0 aromatic heterocycles. The number of hydrogen-bond donors (Lipinski definition) is 2. The molecule has 1 fully saturated rings. The van der Waals surface area contributed by atoms with Crippen LogP contribution >= 0.6 is 0 Å². The largest absolute Gasteiger partial charge is 0.383 e. The Labute approximate surface area is 116 Å². The zero-order chi connectivity index (χ0) is 14.1. The van der Waals surface area contributed by atoms with Crippen LogP contribution in [0.5, 0.6) is 0 Å². The molecule has 0 saturated carbocycles. The van der Waals surface area contributed by atoms with Gasteiger partial charge in [-0.15, -0.1) is 0 Å². The summed E-state index contributed by atoms with van der Waals surface area (Å²) >= 11 is 0. The van der Waals surface area contributed by atoms with Crippen molar-refractivity contribution < 1.29 is 9.47 Å². The molecule has 3 N–H and O–H groups in total. The van der Waals surface area contributed by atoms with Crippen LogP contribution in [0.2, 0.25) is 0 Å². The summed E-state index contributed by atoms with van der Waals surface area (Å²) in [6.07, 6.45) is 0. The van der Waals surface area contributed by atoms with E-state index in [1.54, 1.807) is 7.11 Å². The molecule has 0 aromatic rings. The fourth-order valence-electron chi connectivity index (χ4n) is 2.13. The monoisotopic (exact) mass is 272 g/mol. The van der Waals surface area contributed by atoms with E-state index < -0.39 is 0 Å². The molecular weight excluding hydrogens is 244 g/mol. The molecule has 1 aliphatic rings. The second-order valence-corrected chi connectivity index (χ2v) is 5.24. The molecule has 0 amide bonds. The quantitative estimate of drug-likeness (QED) is 0.500. The molecule has 19 heavy (non-hydrogen) atoms. The van der Waals surface area contributed by atoms with E-state index in [-0.39, 0.29) is 6.04 Å². The van der Waals surface area contributed by atoms with Crippen LogP contribution in [0.3, 0.4) is 0 Å².